The van der Waals surface area contributed by atoms with Crippen molar-refractivity contribution < 1.29 is 0 Å². The van der Waals surface area contributed by atoms with Gasteiger partial charge in [0.25, 0.3) is 0 Å². The smallest absolute Gasteiger partial charge is 0.151 e. The topological polar surface area (TPSA) is 53.1 Å². The molecule has 2 heterocycles. The summed E-state index contributed by atoms with van der Waals surface area (Å²) in [5.74, 6) is 0.787. The van der Waals surface area contributed by atoms with Gasteiger partial charge in [0.15, 0.2) is 5.15 Å². The lowest BCUT2D eigenvalue weighted by atomic mass is 10.3. The Labute approximate surface area is 107 Å². The molecule has 2 N–H and O–H groups in total. The number of rotatable bonds is 5. The monoisotopic (exact) mass is 255 g/mol. The Morgan fingerprint density at radius 2 is 2.12 bits per heavy atom. The van der Waals surface area contributed by atoms with Gasteiger partial charge in [-0.25, -0.2) is 0 Å². The van der Waals surface area contributed by atoms with Crippen molar-refractivity contribution in [2.24, 2.45) is 0 Å². The Bertz CT molecular complexity index is 323. The molecule has 5 nitrogen and oxygen atoms in total. The third-order valence-corrected chi connectivity index (χ3v) is 3.00. The number of nitrogens with zero attached hydrogens (tertiary/aromatic N) is 3. The molecule has 0 aromatic carbocycles. The van der Waals surface area contributed by atoms with Crippen LogP contribution in [0.25, 0.3) is 0 Å². The van der Waals surface area contributed by atoms with Crippen LogP contribution < -0.4 is 10.6 Å². The van der Waals surface area contributed by atoms with Crippen LogP contribution in [-0.2, 0) is 0 Å². The van der Waals surface area contributed by atoms with Crippen LogP contribution >= 0.6 is 11.6 Å². The van der Waals surface area contributed by atoms with Gasteiger partial charge in [-0.15, -0.1) is 10.2 Å². The van der Waals surface area contributed by atoms with E-state index in [0.29, 0.717) is 5.15 Å². The van der Waals surface area contributed by atoms with Crippen molar-refractivity contribution in [3.63, 3.8) is 0 Å². The molecule has 0 radical (unpaired) electrons. The van der Waals surface area contributed by atoms with E-state index in [2.05, 4.69) is 25.7 Å². The highest BCUT2D eigenvalue weighted by Crippen LogP contribution is 2.05. The minimum Gasteiger partial charge on any atom is -0.369 e. The van der Waals surface area contributed by atoms with Gasteiger partial charge in [0.2, 0.25) is 0 Å². The Morgan fingerprint density at radius 3 is 2.82 bits per heavy atom. The maximum absolute atomic E-state index is 5.66. The summed E-state index contributed by atoms with van der Waals surface area (Å²) in [5, 5.41) is 14.7. The average molecular weight is 256 g/mol. The van der Waals surface area contributed by atoms with Crippen molar-refractivity contribution in [3.05, 3.63) is 17.3 Å². The highest BCUT2D eigenvalue weighted by Gasteiger charge is 2.08. The van der Waals surface area contributed by atoms with Crippen molar-refractivity contribution in [1.82, 2.24) is 20.4 Å². The van der Waals surface area contributed by atoms with Gasteiger partial charge >= 0.3 is 0 Å². The van der Waals surface area contributed by atoms with E-state index in [1.807, 2.05) is 6.07 Å². The van der Waals surface area contributed by atoms with Gasteiger partial charge in [-0.3, -0.25) is 0 Å². The minimum absolute atomic E-state index is 0.427. The Hall–Kier alpha value is -0.910. The molecule has 0 unspecified atom stereocenters. The largest absolute Gasteiger partial charge is 0.369 e. The molecule has 0 spiro atoms. The number of hydrogen-bond donors (Lipinski definition) is 2. The molecule has 6 heteroatoms. The second-order valence-electron chi connectivity index (χ2n) is 4.11. The first-order valence-electron chi connectivity index (χ1n) is 6.01. The molecule has 2 rings (SSSR count). The fraction of sp³-hybridized carbons (Fsp3) is 0.636. The zero-order valence-electron chi connectivity index (χ0n) is 9.82. The summed E-state index contributed by atoms with van der Waals surface area (Å²) in [6, 6.07) is 3.59. The zero-order chi connectivity index (χ0) is 11.9. The molecular weight excluding hydrogens is 238 g/mol. The molecule has 1 fully saturated rings. The van der Waals surface area contributed by atoms with Gasteiger partial charge < -0.3 is 15.5 Å². The van der Waals surface area contributed by atoms with E-state index >= 15 is 0 Å². The lowest BCUT2D eigenvalue weighted by molar-refractivity contribution is 0.240. The second-order valence-corrected chi connectivity index (χ2v) is 4.50. The first-order chi connectivity index (χ1) is 8.34. The second kappa shape index (κ2) is 6.74. The molecule has 1 aliphatic heterocycles. The normalized spacial score (nSPS) is 17.0. The van der Waals surface area contributed by atoms with E-state index in [-0.39, 0.29) is 0 Å². The molecule has 0 atom stereocenters. The summed E-state index contributed by atoms with van der Waals surface area (Å²) >= 11 is 5.66. The van der Waals surface area contributed by atoms with Crippen LogP contribution in [0.2, 0.25) is 5.15 Å². The fourth-order valence-electron chi connectivity index (χ4n) is 1.86. The van der Waals surface area contributed by atoms with E-state index < -0.39 is 0 Å². The third-order valence-electron chi connectivity index (χ3n) is 2.80. The molecule has 0 amide bonds. The fourth-order valence-corrected chi connectivity index (χ4v) is 1.96. The summed E-state index contributed by atoms with van der Waals surface area (Å²) in [7, 11) is 0. The quantitative estimate of drug-likeness (QED) is 0.764. The molecule has 1 aliphatic rings. The number of hydrogen-bond acceptors (Lipinski definition) is 5. The zero-order valence-corrected chi connectivity index (χ0v) is 10.6. The molecule has 1 aromatic heterocycles. The maximum atomic E-state index is 5.66. The maximum Gasteiger partial charge on any atom is 0.151 e. The van der Waals surface area contributed by atoms with E-state index in [4.69, 9.17) is 11.6 Å². The minimum atomic E-state index is 0.427. The highest BCUT2D eigenvalue weighted by atomic mass is 35.5. The van der Waals surface area contributed by atoms with Gasteiger partial charge in [-0.05, 0) is 25.1 Å². The number of nitrogens with one attached hydrogen (secondary N) is 2. The van der Waals surface area contributed by atoms with Gasteiger partial charge in [-0.2, -0.15) is 0 Å². The van der Waals surface area contributed by atoms with Gasteiger partial charge in [0.05, 0.1) is 0 Å². The molecule has 94 valence electrons. The Morgan fingerprint density at radius 1 is 1.29 bits per heavy atom. The molecule has 0 aliphatic carbocycles. The summed E-state index contributed by atoms with van der Waals surface area (Å²) in [6.07, 6.45) is 1.12. The number of halogens is 1. The summed E-state index contributed by atoms with van der Waals surface area (Å²) in [4.78, 5) is 2.48. The van der Waals surface area contributed by atoms with Crippen LogP contribution in [0.3, 0.4) is 0 Å². The molecule has 0 bridgehead atoms. The standard InChI is InChI=1S/C11H18ClN5/c12-10-2-3-11(16-15-10)14-4-1-7-17-8-5-13-6-9-17/h2-3,13H,1,4-9H2,(H,14,16). The van der Waals surface area contributed by atoms with Gasteiger partial charge in [0.1, 0.15) is 5.82 Å². The number of piperazine rings is 1. The third kappa shape index (κ3) is 4.46. The van der Waals surface area contributed by atoms with E-state index in [0.717, 1.165) is 51.5 Å². The summed E-state index contributed by atoms with van der Waals surface area (Å²) in [5.41, 5.74) is 0. The van der Waals surface area contributed by atoms with Crippen LogP contribution in [-0.4, -0.2) is 54.4 Å². The summed E-state index contributed by atoms with van der Waals surface area (Å²) in [6.45, 7) is 6.57. The first-order valence-corrected chi connectivity index (χ1v) is 6.38. The van der Waals surface area contributed by atoms with Crippen molar-refractivity contribution in [1.29, 1.82) is 0 Å². The SMILES string of the molecule is Clc1ccc(NCCCN2CCNCC2)nn1. The van der Waals surface area contributed by atoms with Crippen LogP contribution in [0, 0.1) is 0 Å². The first kappa shape index (κ1) is 12.5. The van der Waals surface area contributed by atoms with Gasteiger partial charge in [0, 0.05) is 32.7 Å². The van der Waals surface area contributed by atoms with Crippen molar-refractivity contribution in [2.45, 2.75) is 6.42 Å². The number of aromatic nitrogens is 2. The van der Waals surface area contributed by atoms with E-state index in [1.54, 1.807) is 6.07 Å². The van der Waals surface area contributed by atoms with E-state index in [1.165, 1.54) is 0 Å². The molecule has 1 aromatic rings. The van der Waals surface area contributed by atoms with Crippen LogP contribution in [0.15, 0.2) is 12.1 Å². The lowest BCUT2D eigenvalue weighted by Gasteiger charge is -2.27. The van der Waals surface area contributed by atoms with Crippen LogP contribution in [0.5, 0.6) is 0 Å². The van der Waals surface area contributed by atoms with E-state index in [9.17, 15) is 0 Å². The molecular formula is C11H18ClN5. The van der Waals surface area contributed by atoms with Crippen molar-refractivity contribution in [3.8, 4) is 0 Å². The number of anilines is 1. The Balaban J connectivity index is 1.60. The van der Waals surface area contributed by atoms with Gasteiger partial charge in [-0.1, -0.05) is 11.6 Å². The highest BCUT2D eigenvalue weighted by molar-refractivity contribution is 6.29. The average Bonchev–Trinajstić information content (AvgIpc) is 2.38. The molecule has 1 saturated heterocycles. The predicted octanol–water partition coefficient (Wildman–Crippen LogP) is 0.837. The van der Waals surface area contributed by atoms with Crippen LogP contribution in [0.4, 0.5) is 5.82 Å². The van der Waals surface area contributed by atoms with Crippen LogP contribution in [0.1, 0.15) is 6.42 Å². The van der Waals surface area contributed by atoms with Crippen molar-refractivity contribution in [2.75, 3.05) is 44.6 Å². The van der Waals surface area contributed by atoms with Crippen molar-refractivity contribution >= 4 is 17.4 Å². The predicted molar refractivity (Wildman–Crippen MR) is 69.5 cm³/mol. The Kier molecular flexibility index (Phi) is 4.97. The molecule has 17 heavy (non-hydrogen) atoms. The lowest BCUT2D eigenvalue weighted by Crippen LogP contribution is -2.44. The summed E-state index contributed by atoms with van der Waals surface area (Å²) < 4.78 is 0. The molecule has 0 saturated carbocycles.